The van der Waals surface area contributed by atoms with Crippen LogP contribution < -0.4 is 5.32 Å². The standard InChI is InChI=1S/C20H29FN2O2/c21-18-4-1-3-17(13-18)14-23(15-19-5-2-12-25-19)20(24)7-6-16-8-10-22-11-9-16/h1,3-4,13,16,19,22H,2,5-12,14-15H2. The van der Waals surface area contributed by atoms with Gasteiger partial charge in [-0.2, -0.15) is 0 Å². The first-order chi connectivity index (χ1) is 12.2. The van der Waals surface area contributed by atoms with Gasteiger partial charge in [0.25, 0.3) is 0 Å². The van der Waals surface area contributed by atoms with Gasteiger partial charge in [-0.1, -0.05) is 12.1 Å². The van der Waals surface area contributed by atoms with E-state index in [4.69, 9.17) is 4.74 Å². The largest absolute Gasteiger partial charge is 0.376 e. The van der Waals surface area contributed by atoms with E-state index in [2.05, 4.69) is 5.32 Å². The summed E-state index contributed by atoms with van der Waals surface area (Å²) in [5.74, 6) is 0.555. The molecule has 2 saturated heterocycles. The van der Waals surface area contributed by atoms with Crippen molar-refractivity contribution in [3.05, 3.63) is 35.6 Å². The lowest BCUT2D eigenvalue weighted by atomic mass is 9.93. The Morgan fingerprint density at radius 2 is 2.12 bits per heavy atom. The van der Waals surface area contributed by atoms with E-state index in [0.717, 1.165) is 57.4 Å². The Balaban J connectivity index is 1.58. The van der Waals surface area contributed by atoms with Crippen LogP contribution in [0.15, 0.2) is 24.3 Å². The maximum Gasteiger partial charge on any atom is 0.222 e. The fourth-order valence-corrected chi connectivity index (χ4v) is 3.80. The number of ether oxygens (including phenoxy) is 1. The number of piperidine rings is 1. The molecule has 1 unspecified atom stereocenters. The fourth-order valence-electron chi connectivity index (χ4n) is 3.80. The van der Waals surface area contributed by atoms with Gasteiger partial charge in [0.15, 0.2) is 0 Å². The van der Waals surface area contributed by atoms with Gasteiger partial charge in [-0.05, 0) is 68.8 Å². The Labute approximate surface area is 149 Å². The van der Waals surface area contributed by atoms with Crippen molar-refractivity contribution in [2.75, 3.05) is 26.2 Å². The summed E-state index contributed by atoms with van der Waals surface area (Å²) < 4.78 is 19.2. The highest BCUT2D eigenvalue weighted by Gasteiger charge is 2.24. The van der Waals surface area contributed by atoms with Crippen LogP contribution in [-0.4, -0.2) is 43.2 Å². The normalized spacial score (nSPS) is 21.4. The molecular weight excluding hydrogens is 319 g/mol. The van der Waals surface area contributed by atoms with Gasteiger partial charge >= 0.3 is 0 Å². The number of nitrogens with one attached hydrogen (secondary N) is 1. The summed E-state index contributed by atoms with van der Waals surface area (Å²) in [7, 11) is 0. The predicted octanol–water partition coefficient (Wildman–Crippen LogP) is 3.11. The molecule has 3 rings (SSSR count). The molecule has 25 heavy (non-hydrogen) atoms. The lowest BCUT2D eigenvalue weighted by Gasteiger charge is -2.27. The minimum atomic E-state index is -0.253. The second kappa shape index (κ2) is 9.30. The molecule has 4 nitrogen and oxygen atoms in total. The van der Waals surface area contributed by atoms with Gasteiger partial charge in [-0.15, -0.1) is 0 Å². The van der Waals surface area contributed by atoms with Gasteiger partial charge in [0.1, 0.15) is 5.82 Å². The van der Waals surface area contributed by atoms with Crippen LogP contribution in [0.2, 0.25) is 0 Å². The van der Waals surface area contributed by atoms with Crippen LogP contribution >= 0.6 is 0 Å². The molecule has 0 radical (unpaired) electrons. The van der Waals surface area contributed by atoms with E-state index in [9.17, 15) is 9.18 Å². The Morgan fingerprint density at radius 1 is 1.28 bits per heavy atom. The van der Waals surface area contributed by atoms with Crippen LogP contribution in [0.1, 0.15) is 44.1 Å². The topological polar surface area (TPSA) is 41.6 Å². The second-order valence-electron chi connectivity index (χ2n) is 7.27. The summed E-state index contributed by atoms with van der Waals surface area (Å²) in [6, 6.07) is 6.54. The van der Waals surface area contributed by atoms with Gasteiger partial charge < -0.3 is 15.0 Å². The highest BCUT2D eigenvalue weighted by molar-refractivity contribution is 5.76. The number of amides is 1. The minimum absolute atomic E-state index is 0.122. The molecule has 0 bridgehead atoms. The third kappa shape index (κ3) is 5.79. The number of nitrogens with zero attached hydrogens (tertiary/aromatic N) is 1. The molecule has 2 fully saturated rings. The Kier molecular flexibility index (Phi) is 6.82. The maximum absolute atomic E-state index is 13.5. The molecule has 2 aliphatic rings. The van der Waals surface area contributed by atoms with Gasteiger partial charge in [-0.3, -0.25) is 4.79 Å². The number of halogens is 1. The van der Waals surface area contributed by atoms with Crippen LogP contribution in [0, 0.1) is 11.7 Å². The molecule has 1 atom stereocenters. The predicted molar refractivity (Wildman–Crippen MR) is 95.6 cm³/mol. The van der Waals surface area contributed by atoms with E-state index in [1.54, 1.807) is 6.07 Å². The van der Waals surface area contributed by atoms with Gasteiger partial charge in [0.2, 0.25) is 5.91 Å². The van der Waals surface area contributed by atoms with Crippen molar-refractivity contribution in [2.24, 2.45) is 5.92 Å². The van der Waals surface area contributed by atoms with E-state index in [1.807, 2.05) is 11.0 Å². The summed E-state index contributed by atoms with van der Waals surface area (Å²) in [4.78, 5) is 14.7. The number of benzene rings is 1. The lowest BCUT2D eigenvalue weighted by Crippen LogP contribution is -2.37. The first kappa shape index (κ1) is 18.3. The zero-order chi connectivity index (χ0) is 17.5. The summed E-state index contributed by atoms with van der Waals surface area (Å²) in [5, 5.41) is 3.36. The zero-order valence-electron chi connectivity index (χ0n) is 14.9. The zero-order valence-corrected chi connectivity index (χ0v) is 14.9. The summed E-state index contributed by atoms with van der Waals surface area (Å²) >= 11 is 0. The smallest absolute Gasteiger partial charge is 0.222 e. The van der Waals surface area contributed by atoms with Crippen molar-refractivity contribution in [3.63, 3.8) is 0 Å². The quantitative estimate of drug-likeness (QED) is 0.823. The SMILES string of the molecule is O=C(CCC1CCNCC1)N(Cc1cccc(F)c1)CC1CCCO1. The number of carbonyl (C=O) groups is 1. The van der Waals surface area contributed by atoms with Crippen molar-refractivity contribution in [2.45, 2.75) is 51.2 Å². The van der Waals surface area contributed by atoms with Crippen LogP contribution in [0.4, 0.5) is 4.39 Å². The van der Waals surface area contributed by atoms with E-state index >= 15 is 0 Å². The minimum Gasteiger partial charge on any atom is -0.376 e. The van der Waals surface area contributed by atoms with E-state index in [1.165, 1.54) is 12.1 Å². The molecule has 0 aliphatic carbocycles. The van der Waals surface area contributed by atoms with Gasteiger partial charge in [0.05, 0.1) is 6.10 Å². The van der Waals surface area contributed by atoms with Crippen molar-refractivity contribution in [1.82, 2.24) is 10.2 Å². The summed E-state index contributed by atoms with van der Waals surface area (Å²) in [6.07, 6.45) is 6.02. The van der Waals surface area contributed by atoms with Crippen LogP contribution in [0.5, 0.6) is 0 Å². The number of hydrogen-bond acceptors (Lipinski definition) is 3. The molecular formula is C20H29FN2O2. The lowest BCUT2D eigenvalue weighted by molar-refractivity contribution is -0.133. The molecule has 0 aromatic heterocycles. The van der Waals surface area contributed by atoms with Crippen molar-refractivity contribution < 1.29 is 13.9 Å². The van der Waals surface area contributed by atoms with E-state index in [-0.39, 0.29) is 17.8 Å². The Bertz CT molecular complexity index is 554. The average molecular weight is 348 g/mol. The van der Waals surface area contributed by atoms with Crippen molar-refractivity contribution in [1.29, 1.82) is 0 Å². The van der Waals surface area contributed by atoms with Crippen LogP contribution in [0.3, 0.4) is 0 Å². The Morgan fingerprint density at radius 3 is 2.84 bits per heavy atom. The highest BCUT2D eigenvalue weighted by atomic mass is 19.1. The molecule has 0 saturated carbocycles. The molecule has 138 valence electrons. The number of carbonyl (C=O) groups excluding carboxylic acids is 1. The average Bonchev–Trinajstić information content (AvgIpc) is 3.13. The first-order valence-electron chi connectivity index (χ1n) is 9.55. The molecule has 0 spiro atoms. The highest BCUT2D eigenvalue weighted by Crippen LogP contribution is 2.21. The second-order valence-corrected chi connectivity index (χ2v) is 7.27. The molecule has 1 N–H and O–H groups in total. The third-order valence-corrected chi connectivity index (χ3v) is 5.29. The van der Waals surface area contributed by atoms with Crippen molar-refractivity contribution >= 4 is 5.91 Å². The number of hydrogen-bond donors (Lipinski definition) is 1. The van der Waals surface area contributed by atoms with Crippen molar-refractivity contribution in [3.8, 4) is 0 Å². The number of rotatable bonds is 7. The Hall–Kier alpha value is -1.46. The molecule has 5 heteroatoms. The molecule has 1 aromatic rings. The van der Waals surface area contributed by atoms with Crippen LogP contribution in [-0.2, 0) is 16.1 Å². The molecule has 2 heterocycles. The van der Waals surface area contributed by atoms with Crippen LogP contribution in [0.25, 0.3) is 0 Å². The van der Waals surface area contributed by atoms with Gasteiger partial charge in [0, 0.05) is 26.1 Å². The monoisotopic (exact) mass is 348 g/mol. The third-order valence-electron chi connectivity index (χ3n) is 5.29. The van der Waals surface area contributed by atoms with Gasteiger partial charge in [-0.25, -0.2) is 4.39 Å². The summed E-state index contributed by atoms with van der Waals surface area (Å²) in [6.45, 7) is 3.97. The van der Waals surface area contributed by atoms with E-state index < -0.39 is 0 Å². The molecule has 1 amide bonds. The molecule has 1 aromatic carbocycles. The molecule has 2 aliphatic heterocycles. The first-order valence-corrected chi connectivity index (χ1v) is 9.55. The maximum atomic E-state index is 13.5. The summed E-state index contributed by atoms with van der Waals surface area (Å²) in [5.41, 5.74) is 0.841. The van der Waals surface area contributed by atoms with E-state index in [0.29, 0.717) is 25.4 Å². The fraction of sp³-hybridized carbons (Fsp3) is 0.650.